The van der Waals surface area contributed by atoms with Gasteiger partial charge in [0.25, 0.3) is 11.8 Å². The SMILES string of the molecule is C=CCSc1ccccc1NC1=CC(=O)N(CCO)C1=O. The Labute approximate surface area is 127 Å². The van der Waals surface area contributed by atoms with Crippen LogP contribution in [0.3, 0.4) is 0 Å². The fraction of sp³-hybridized carbons (Fsp3) is 0.200. The van der Waals surface area contributed by atoms with Gasteiger partial charge in [-0.2, -0.15) is 0 Å². The van der Waals surface area contributed by atoms with Gasteiger partial charge in [0.05, 0.1) is 18.8 Å². The first-order chi connectivity index (χ1) is 10.2. The molecule has 0 aromatic heterocycles. The van der Waals surface area contributed by atoms with Crippen LogP contribution in [0.15, 0.2) is 53.6 Å². The zero-order chi connectivity index (χ0) is 15.2. The lowest BCUT2D eigenvalue weighted by Crippen LogP contribution is -2.34. The van der Waals surface area contributed by atoms with Crippen molar-refractivity contribution in [3.05, 3.63) is 48.7 Å². The minimum Gasteiger partial charge on any atom is -0.395 e. The molecule has 0 spiro atoms. The van der Waals surface area contributed by atoms with Crippen LogP contribution in [0.2, 0.25) is 0 Å². The molecule has 0 saturated carbocycles. The van der Waals surface area contributed by atoms with E-state index < -0.39 is 11.8 Å². The maximum atomic E-state index is 12.1. The second-order valence-corrected chi connectivity index (χ2v) is 5.36. The van der Waals surface area contributed by atoms with Crippen LogP contribution in [0.4, 0.5) is 5.69 Å². The molecule has 2 rings (SSSR count). The molecule has 5 nitrogen and oxygen atoms in total. The summed E-state index contributed by atoms with van der Waals surface area (Å²) in [6, 6.07) is 7.54. The van der Waals surface area contributed by atoms with Crippen molar-refractivity contribution in [3.63, 3.8) is 0 Å². The number of thioether (sulfide) groups is 1. The van der Waals surface area contributed by atoms with Gasteiger partial charge in [0.1, 0.15) is 5.70 Å². The molecule has 0 aliphatic carbocycles. The molecule has 1 aromatic rings. The predicted molar refractivity (Wildman–Crippen MR) is 82.9 cm³/mol. The third kappa shape index (κ3) is 3.53. The van der Waals surface area contributed by atoms with Gasteiger partial charge in [-0.1, -0.05) is 18.2 Å². The van der Waals surface area contributed by atoms with E-state index in [1.807, 2.05) is 24.3 Å². The minimum atomic E-state index is -0.419. The summed E-state index contributed by atoms with van der Waals surface area (Å²) in [6.45, 7) is 3.44. The molecule has 6 heteroatoms. The second-order valence-electron chi connectivity index (χ2n) is 4.30. The molecule has 110 valence electrons. The standard InChI is InChI=1S/C15H16N2O3S/c1-2-9-21-13-6-4-3-5-11(13)16-12-10-14(19)17(7-8-18)15(12)20/h2-6,10,16,18H,1,7-9H2. The van der Waals surface area contributed by atoms with E-state index in [0.29, 0.717) is 0 Å². The van der Waals surface area contributed by atoms with Crippen molar-refractivity contribution in [1.82, 2.24) is 4.90 Å². The fourth-order valence-corrected chi connectivity index (χ4v) is 2.65. The van der Waals surface area contributed by atoms with Gasteiger partial charge in [0.2, 0.25) is 0 Å². The predicted octanol–water partition coefficient (Wildman–Crippen LogP) is 1.62. The lowest BCUT2D eigenvalue weighted by Gasteiger charge is -2.14. The first-order valence-corrected chi connectivity index (χ1v) is 7.44. The zero-order valence-corrected chi connectivity index (χ0v) is 12.2. The first kappa shape index (κ1) is 15.3. The van der Waals surface area contributed by atoms with E-state index in [9.17, 15) is 9.59 Å². The fourth-order valence-electron chi connectivity index (χ4n) is 1.90. The van der Waals surface area contributed by atoms with Gasteiger partial charge in [-0.25, -0.2) is 0 Å². The number of amides is 2. The van der Waals surface area contributed by atoms with E-state index in [1.54, 1.807) is 17.8 Å². The molecule has 1 aromatic carbocycles. The van der Waals surface area contributed by atoms with Crippen molar-refractivity contribution in [2.75, 3.05) is 24.2 Å². The number of anilines is 1. The summed E-state index contributed by atoms with van der Waals surface area (Å²) >= 11 is 1.59. The number of nitrogens with zero attached hydrogens (tertiary/aromatic N) is 1. The summed E-state index contributed by atoms with van der Waals surface area (Å²) in [6.07, 6.45) is 3.06. The van der Waals surface area contributed by atoms with Crippen LogP contribution >= 0.6 is 11.8 Å². The maximum Gasteiger partial charge on any atom is 0.277 e. The average molecular weight is 304 g/mol. The Morgan fingerprint density at radius 2 is 2.10 bits per heavy atom. The van der Waals surface area contributed by atoms with E-state index in [1.165, 1.54) is 6.08 Å². The van der Waals surface area contributed by atoms with Gasteiger partial charge in [0, 0.05) is 16.7 Å². The van der Waals surface area contributed by atoms with Crippen molar-refractivity contribution >= 4 is 29.3 Å². The number of benzene rings is 1. The molecule has 1 aliphatic heterocycles. The number of imide groups is 1. The number of carbonyl (C=O) groups is 2. The Balaban J connectivity index is 2.15. The lowest BCUT2D eigenvalue weighted by atomic mass is 10.3. The van der Waals surface area contributed by atoms with Crippen LogP contribution in [-0.2, 0) is 9.59 Å². The van der Waals surface area contributed by atoms with E-state index in [-0.39, 0.29) is 18.8 Å². The van der Waals surface area contributed by atoms with E-state index in [4.69, 9.17) is 5.11 Å². The van der Waals surface area contributed by atoms with Crippen LogP contribution in [-0.4, -0.2) is 40.7 Å². The van der Waals surface area contributed by atoms with E-state index >= 15 is 0 Å². The summed E-state index contributed by atoms with van der Waals surface area (Å²) in [5.74, 6) is -0.0771. The Morgan fingerprint density at radius 3 is 2.81 bits per heavy atom. The number of carbonyl (C=O) groups excluding carboxylic acids is 2. The summed E-state index contributed by atoms with van der Waals surface area (Å²) in [5, 5.41) is 11.9. The van der Waals surface area contributed by atoms with Gasteiger partial charge >= 0.3 is 0 Å². The van der Waals surface area contributed by atoms with Crippen LogP contribution in [0.25, 0.3) is 0 Å². The van der Waals surface area contributed by atoms with Gasteiger partial charge in [-0.3, -0.25) is 14.5 Å². The number of hydrogen-bond acceptors (Lipinski definition) is 5. The highest BCUT2D eigenvalue weighted by Gasteiger charge is 2.30. The van der Waals surface area contributed by atoms with E-state index in [2.05, 4.69) is 11.9 Å². The monoisotopic (exact) mass is 304 g/mol. The summed E-state index contributed by atoms with van der Waals surface area (Å²) < 4.78 is 0. The molecule has 2 amide bonds. The summed E-state index contributed by atoms with van der Waals surface area (Å²) in [7, 11) is 0. The molecule has 0 fully saturated rings. The Morgan fingerprint density at radius 1 is 1.33 bits per heavy atom. The van der Waals surface area contributed by atoms with Crippen molar-refractivity contribution in [2.45, 2.75) is 4.90 Å². The third-order valence-electron chi connectivity index (χ3n) is 2.85. The first-order valence-electron chi connectivity index (χ1n) is 6.45. The van der Waals surface area contributed by atoms with Crippen molar-refractivity contribution in [1.29, 1.82) is 0 Å². The number of aliphatic hydroxyl groups is 1. The van der Waals surface area contributed by atoms with Crippen LogP contribution in [0.1, 0.15) is 0 Å². The normalized spacial score (nSPS) is 14.3. The largest absolute Gasteiger partial charge is 0.395 e. The third-order valence-corrected chi connectivity index (χ3v) is 3.92. The van der Waals surface area contributed by atoms with Crippen LogP contribution in [0, 0.1) is 0 Å². The average Bonchev–Trinajstić information content (AvgIpc) is 2.74. The molecule has 0 unspecified atom stereocenters. The molecular weight excluding hydrogens is 288 g/mol. The second kappa shape index (κ2) is 7.10. The summed E-state index contributed by atoms with van der Waals surface area (Å²) in [4.78, 5) is 25.8. The quantitative estimate of drug-likeness (QED) is 0.455. The molecule has 0 radical (unpaired) electrons. The molecule has 1 aliphatic rings. The Bertz CT molecular complexity index is 598. The minimum absolute atomic E-state index is 0.00616. The molecule has 1 heterocycles. The molecule has 0 saturated heterocycles. The maximum absolute atomic E-state index is 12.1. The van der Waals surface area contributed by atoms with Crippen molar-refractivity contribution in [2.24, 2.45) is 0 Å². The highest BCUT2D eigenvalue weighted by Crippen LogP contribution is 2.29. The molecule has 0 bridgehead atoms. The number of β-amino-alcohol motifs (C(OH)–C–C–N with tert-alkyl or cyclic N) is 1. The zero-order valence-electron chi connectivity index (χ0n) is 11.4. The highest BCUT2D eigenvalue weighted by atomic mass is 32.2. The van der Waals surface area contributed by atoms with Crippen LogP contribution < -0.4 is 5.32 Å². The molecular formula is C15H16N2O3S. The number of rotatable bonds is 7. The van der Waals surface area contributed by atoms with Gasteiger partial charge in [-0.05, 0) is 12.1 Å². The summed E-state index contributed by atoms with van der Waals surface area (Å²) in [5.41, 5.74) is 0.989. The van der Waals surface area contributed by atoms with Crippen molar-refractivity contribution in [3.8, 4) is 0 Å². The topological polar surface area (TPSA) is 69.6 Å². The molecule has 21 heavy (non-hydrogen) atoms. The number of nitrogens with one attached hydrogen (secondary N) is 1. The van der Waals surface area contributed by atoms with Gasteiger partial charge < -0.3 is 10.4 Å². The van der Waals surface area contributed by atoms with Gasteiger partial charge in [-0.15, -0.1) is 18.3 Å². The van der Waals surface area contributed by atoms with E-state index in [0.717, 1.165) is 21.2 Å². The van der Waals surface area contributed by atoms with Crippen molar-refractivity contribution < 1.29 is 14.7 Å². The Kier molecular flexibility index (Phi) is 5.19. The molecule has 2 N–H and O–H groups in total. The number of hydrogen-bond donors (Lipinski definition) is 2. The van der Waals surface area contributed by atoms with Gasteiger partial charge in [0.15, 0.2) is 0 Å². The lowest BCUT2D eigenvalue weighted by molar-refractivity contribution is -0.137. The molecule has 0 atom stereocenters. The highest BCUT2D eigenvalue weighted by molar-refractivity contribution is 7.99. The number of para-hydroxylation sites is 1. The smallest absolute Gasteiger partial charge is 0.277 e. The number of aliphatic hydroxyl groups excluding tert-OH is 1. The van der Waals surface area contributed by atoms with Crippen LogP contribution in [0.5, 0.6) is 0 Å². The Hall–Kier alpha value is -2.05.